The average molecular weight is 326 g/mol. The highest BCUT2D eigenvalue weighted by Gasteiger charge is 2.20. The third-order valence-corrected chi connectivity index (χ3v) is 4.48. The Hall–Kier alpha value is -2.47. The van der Waals surface area contributed by atoms with Crippen LogP contribution in [0.1, 0.15) is 30.7 Å². The van der Waals surface area contributed by atoms with Gasteiger partial charge in [0.25, 0.3) is 5.56 Å². The monoisotopic (exact) mass is 326 g/mol. The van der Waals surface area contributed by atoms with Gasteiger partial charge in [-0.05, 0) is 49.5 Å². The predicted molar refractivity (Wildman–Crippen MR) is 93.7 cm³/mol. The summed E-state index contributed by atoms with van der Waals surface area (Å²) in [7, 11) is 0. The minimum Gasteiger partial charge on any atom is -0.339 e. The fourth-order valence-electron chi connectivity index (χ4n) is 3.12. The summed E-state index contributed by atoms with van der Waals surface area (Å²) in [6.07, 6.45) is 6.71. The Morgan fingerprint density at radius 2 is 2.00 bits per heavy atom. The van der Waals surface area contributed by atoms with Crippen LogP contribution in [-0.2, 0) is 4.79 Å². The molecule has 0 saturated carbocycles. The van der Waals surface area contributed by atoms with Gasteiger partial charge in [0.2, 0.25) is 0 Å². The van der Waals surface area contributed by atoms with Gasteiger partial charge in [-0.25, -0.2) is 4.98 Å². The third kappa shape index (κ3) is 4.29. The van der Waals surface area contributed by atoms with Gasteiger partial charge in [0.05, 0.1) is 6.20 Å². The molecule has 0 amide bonds. The van der Waals surface area contributed by atoms with E-state index in [1.54, 1.807) is 6.20 Å². The molecular weight excluding hydrogens is 304 g/mol. The molecule has 0 unspecified atom stereocenters. The maximum Gasteiger partial charge on any atom is 0.266 e. The van der Waals surface area contributed by atoms with E-state index in [1.165, 1.54) is 11.8 Å². The SMILES string of the molecule is O=CCCN1CCC(c2ccc(Nc3c[nH]c(=O)cn3)cc2)CC1. The first kappa shape index (κ1) is 16.4. The number of carbonyl (C=O) groups is 1. The van der Waals surface area contributed by atoms with Gasteiger partial charge in [0.15, 0.2) is 0 Å². The van der Waals surface area contributed by atoms with Crippen LogP contribution in [0.25, 0.3) is 0 Å². The molecule has 1 saturated heterocycles. The van der Waals surface area contributed by atoms with Crippen molar-refractivity contribution < 1.29 is 4.79 Å². The van der Waals surface area contributed by atoms with Crippen molar-refractivity contribution in [2.24, 2.45) is 0 Å². The van der Waals surface area contributed by atoms with E-state index in [1.807, 2.05) is 12.1 Å². The molecule has 2 aromatic rings. The van der Waals surface area contributed by atoms with Crippen molar-refractivity contribution in [3.63, 3.8) is 0 Å². The lowest BCUT2D eigenvalue weighted by molar-refractivity contribution is -0.108. The van der Waals surface area contributed by atoms with Crippen LogP contribution in [0.4, 0.5) is 11.5 Å². The molecule has 6 heteroatoms. The summed E-state index contributed by atoms with van der Waals surface area (Å²) in [6.45, 7) is 2.99. The number of nitrogens with zero attached hydrogens (tertiary/aromatic N) is 2. The second-order valence-corrected chi connectivity index (χ2v) is 6.11. The first-order valence-corrected chi connectivity index (χ1v) is 8.32. The van der Waals surface area contributed by atoms with Gasteiger partial charge in [0, 0.05) is 24.8 Å². The number of aromatic nitrogens is 2. The van der Waals surface area contributed by atoms with Crippen molar-refractivity contribution in [1.29, 1.82) is 0 Å². The highest BCUT2D eigenvalue weighted by Crippen LogP contribution is 2.29. The molecule has 2 N–H and O–H groups in total. The molecule has 126 valence electrons. The maximum atomic E-state index is 11.0. The summed E-state index contributed by atoms with van der Waals surface area (Å²) in [6, 6.07) is 8.39. The van der Waals surface area contributed by atoms with Gasteiger partial charge in [-0.15, -0.1) is 0 Å². The molecule has 0 radical (unpaired) electrons. The number of benzene rings is 1. The van der Waals surface area contributed by atoms with Gasteiger partial charge in [-0.2, -0.15) is 0 Å². The summed E-state index contributed by atoms with van der Waals surface area (Å²) >= 11 is 0. The molecule has 2 heterocycles. The second-order valence-electron chi connectivity index (χ2n) is 6.11. The van der Waals surface area contributed by atoms with Crippen LogP contribution in [0.3, 0.4) is 0 Å². The Labute approximate surface area is 140 Å². The molecule has 0 bridgehead atoms. The zero-order valence-corrected chi connectivity index (χ0v) is 13.6. The summed E-state index contributed by atoms with van der Waals surface area (Å²) < 4.78 is 0. The quantitative estimate of drug-likeness (QED) is 0.796. The van der Waals surface area contributed by atoms with E-state index in [9.17, 15) is 9.59 Å². The Morgan fingerprint density at radius 3 is 2.62 bits per heavy atom. The van der Waals surface area contributed by atoms with Crippen molar-refractivity contribution in [2.75, 3.05) is 25.0 Å². The predicted octanol–water partition coefficient (Wildman–Crippen LogP) is 2.28. The number of H-pyrrole nitrogens is 1. The number of piperidine rings is 1. The highest BCUT2D eigenvalue weighted by molar-refractivity contribution is 5.55. The lowest BCUT2D eigenvalue weighted by Gasteiger charge is -2.31. The normalized spacial score (nSPS) is 16.0. The maximum absolute atomic E-state index is 11.0. The van der Waals surface area contributed by atoms with E-state index in [2.05, 4.69) is 32.3 Å². The molecule has 1 aromatic carbocycles. The number of rotatable bonds is 6. The molecular formula is C18H22N4O2. The second kappa shape index (κ2) is 7.88. The fourth-order valence-corrected chi connectivity index (χ4v) is 3.12. The Balaban J connectivity index is 1.56. The topological polar surface area (TPSA) is 78.1 Å². The molecule has 0 spiro atoms. The minimum absolute atomic E-state index is 0.213. The number of hydrogen-bond acceptors (Lipinski definition) is 5. The van der Waals surface area contributed by atoms with E-state index in [4.69, 9.17) is 0 Å². The van der Waals surface area contributed by atoms with Crippen LogP contribution in [0, 0.1) is 0 Å². The number of hydrogen-bond donors (Lipinski definition) is 2. The largest absolute Gasteiger partial charge is 0.339 e. The molecule has 3 rings (SSSR count). The number of carbonyl (C=O) groups excluding carboxylic acids is 1. The van der Waals surface area contributed by atoms with E-state index >= 15 is 0 Å². The number of aromatic amines is 1. The van der Waals surface area contributed by atoms with E-state index in [0.717, 1.165) is 44.4 Å². The Kier molecular flexibility index (Phi) is 5.38. The first-order valence-electron chi connectivity index (χ1n) is 8.32. The molecule has 6 nitrogen and oxygen atoms in total. The van der Waals surface area contributed by atoms with Crippen LogP contribution < -0.4 is 10.9 Å². The van der Waals surface area contributed by atoms with Crippen molar-refractivity contribution in [3.05, 3.63) is 52.6 Å². The van der Waals surface area contributed by atoms with Crippen molar-refractivity contribution >= 4 is 17.8 Å². The third-order valence-electron chi connectivity index (χ3n) is 4.48. The van der Waals surface area contributed by atoms with Gasteiger partial charge >= 0.3 is 0 Å². The van der Waals surface area contributed by atoms with Crippen LogP contribution in [0.5, 0.6) is 0 Å². The van der Waals surface area contributed by atoms with Crippen molar-refractivity contribution in [2.45, 2.75) is 25.2 Å². The van der Waals surface area contributed by atoms with E-state index in [-0.39, 0.29) is 5.56 Å². The zero-order chi connectivity index (χ0) is 16.8. The Bertz CT molecular complexity index is 698. The van der Waals surface area contributed by atoms with Crippen LogP contribution in [0.2, 0.25) is 0 Å². The molecule has 1 aliphatic rings. The van der Waals surface area contributed by atoms with Crippen molar-refractivity contribution in [1.82, 2.24) is 14.9 Å². The molecule has 1 aromatic heterocycles. The first-order chi connectivity index (χ1) is 11.7. The summed E-state index contributed by atoms with van der Waals surface area (Å²) in [5, 5.41) is 3.17. The number of nitrogens with one attached hydrogen (secondary N) is 2. The van der Waals surface area contributed by atoms with E-state index < -0.39 is 0 Å². The molecule has 0 aliphatic carbocycles. The molecule has 0 atom stereocenters. The van der Waals surface area contributed by atoms with Crippen LogP contribution in [0.15, 0.2) is 41.5 Å². The smallest absolute Gasteiger partial charge is 0.266 e. The zero-order valence-electron chi connectivity index (χ0n) is 13.6. The summed E-state index contributed by atoms with van der Waals surface area (Å²) in [4.78, 5) is 30.5. The average Bonchev–Trinajstić information content (AvgIpc) is 2.63. The van der Waals surface area contributed by atoms with Gasteiger partial charge in [-0.1, -0.05) is 12.1 Å². The summed E-state index contributed by atoms with van der Waals surface area (Å²) in [5.74, 6) is 1.20. The van der Waals surface area contributed by atoms with Gasteiger partial charge in [0.1, 0.15) is 12.1 Å². The lowest BCUT2D eigenvalue weighted by Crippen LogP contribution is -2.33. The fraction of sp³-hybridized carbons (Fsp3) is 0.389. The van der Waals surface area contributed by atoms with Crippen LogP contribution >= 0.6 is 0 Å². The molecule has 1 aliphatic heterocycles. The van der Waals surface area contributed by atoms with Crippen molar-refractivity contribution in [3.8, 4) is 0 Å². The lowest BCUT2D eigenvalue weighted by atomic mass is 9.89. The van der Waals surface area contributed by atoms with E-state index in [0.29, 0.717) is 18.2 Å². The molecule has 1 fully saturated rings. The van der Waals surface area contributed by atoms with Gasteiger partial charge in [-0.3, -0.25) is 4.79 Å². The Morgan fingerprint density at radius 1 is 1.25 bits per heavy atom. The minimum atomic E-state index is -0.213. The number of anilines is 2. The van der Waals surface area contributed by atoms with Crippen LogP contribution in [-0.4, -0.2) is 40.8 Å². The van der Waals surface area contributed by atoms with Gasteiger partial charge < -0.3 is 20.0 Å². The molecule has 24 heavy (non-hydrogen) atoms. The standard InChI is InChI=1S/C18H22N4O2/c23-11-1-8-22-9-6-15(7-10-22)14-2-4-16(5-3-14)21-17-12-20-18(24)13-19-17/h2-5,11-13,15H,1,6-10H2,(H,19,21)(H,20,24). The number of likely N-dealkylation sites (tertiary alicyclic amines) is 1. The summed E-state index contributed by atoms with van der Waals surface area (Å²) in [5.41, 5.74) is 2.09. The number of aldehydes is 1. The highest BCUT2D eigenvalue weighted by atomic mass is 16.1.